The Labute approximate surface area is 157 Å². The molecule has 0 bridgehead atoms. The Morgan fingerprint density at radius 2 is 2.00 bits per heavy atom. The number of carbonyl (C=O) groups excluding carboxylic acids is 2. The standard InChI is InChI=1S/C20H24FN3O3/c1-13(2)11-24(20(26)15-5-7-16(21)8-6-15)12-17-9-18(23-27-17)19(25)22-10-14-3-4-14/h5-9,13-14H,3-4,10-12H2,1-2H3,(H,22,25). The average Bonchev–Trinajstić information content (AvgIpc) is 3.35. The van der Waals surface area contributed by atoms with Crippen LogP contribution in [-0.4, -0.2) is 35.0 Å². The molecule has 0 radical (unpaired) electrons. The van der Waals surface area contributed by atoms with Crippen molar-refractivity contribution >= 4 is 11.8 Å². The molecule has 1 aromatic heterocycles. The number of aromatic nitrogens is 1. The Hall–Kier alpha value is -2.70. The first-order chi connectivity index (χ1) is 12.9. The summed E-state index contributed by atoms with van der Waals surface area (Å²) < 4.78 is 18.4. The number of nitrogens with zero attached hydrogens (tertiary/aromatic N) is 2. The van der Waals surface area contributed by atoms with E-state index in [0.717, 1.165) is 12.8 Å². The molecule has 2 aromatic rings. The quantitative estimate of drug-likeness (QED) is 0.771. The molecule has 27 heavy (non-hydrogen) atoms. The number of benzene rings is 1. The van der Waals surface area contributed by atoms with Gasteiger partial charge in [0.1, 0.15) is 5.82 Å². The van der Waals surface area contributed by atoms with Gasteiger partial charge in [-0.15, -0.1) is 0 Å². The highest BCUT2D eigenvalue weighted by molar-refractivity contribution is 5.94. The lowest BCUT2D eigenvalue weighted by molar-refractivity contribution is 0.0705. The smallest absolute Gasteiger partial charge is 0.273 e. The van der Waals surface area contributed by atoms with Crippen molar-refractivity contribution in [3.63, 3.8) is 0 Å². The van der Waals surface area contributed by atoms with Crippen molar-refractivity contribution in [1.29, 1.82) is 0 Å². The van der Waals surface area contributed by atoms with E-state index in [-0.39, 0.29) is 35.8 Å². The summed E-state index contributed by atoms with van der Waals surface area (Å²) in [4.78, 5) is 26.5. The van der Waals surface area contributed by atoms with Crippen LogP contribution in [0.3, 0.4) is 0 Å². The molecule has 6 nitrogen and oxygen atoms in total. The number of hydrogen-bond acceptors (Lipinski definition) is 4. The SMILES string of the molecule is CC(C)CN(Cc1cc(C(=O)NCC2CC2)no1)C(=O)c1ccc(F)cc1. The monoisotopic (exact) mass is 373 g/mol. The van der Waals surface area contributed by atoms with E-state index in [2.05, 4.69) is 10.5 Å². The zero-order chi connectivity index (χ0) is 19.4. The van der Waals surface area contributed by atoms with Gasteiger partial charge in [0.05, 0.1) is 6.54 Å². The van der Waals surface area contributed by atoms with Crippen molar-refractivity contribution < 1.29 is 18.5 Å². The van der Waals surface area contributed by atoms with Crippen LogP contribution in [0.2, 0.25) is 0 Å². The van der Waals surface area contributed by atoms with Crippen molar-refractivity contribution in [3.05, 3.63) is 53.2 Å². The Balaban J connectivity index is 1.67. The second kappa shape index (κ2) is 8.33. The Bertz CT molecular complexity index is 797. The predicted octanol–water partition coefficient (Wildman–Crippen LogP) is 3.25. The summed E-state index contributed by atoms with van der Waals surface area (Å²) >= 11 is 0. The molecular weight excluding hydrogens is 349 g/mol. The minimum absolute atomic E-state index is 0.192. The zero-order valence-electron chi connectivity index (χ0n) is 15.6. The van der Waals surface area contributed by atoms with E-state index in [0.29, 0.717) is 30.3 Å². The van der Waals surface area contributed by atoms with Gasteiger partial charge in [-0.3, -0.25) is 9.59 Å². The molecule has 7 heteroatoms. The van der Waals surface area contributed by atoms with Gasteiger partial charge in [0, 0.05) is 24.7 Å². The number of halogens is 1. The van der Waals surface area contributed by atoms with Crippen LogP contribution in [0.5, 0.6) is 0 Å². The highest BCUT2D eigenvalue weighted by Gasteiger charge is 2.24. The van der Waals surface area contributed by atoms with Crippen LogP contribution in [0, 0.1) is 17.7 Å². The molecule has 0 spiro atoms. The van der Waals surface area contributed by atoms with Crippen molar-refractivity contribution in [1.82, 2.24) is 15.4 Å². The van der Waals surface area contributed by atoms with E-state index < -0.39 is 0 Å². The highest BCUT2D eigenvalue weighted by Crippen LogP contribution is 2.27. The van der Waals surface area contributed by atoms with Crippen molar-refractivity contribution in [2.75, 3.05) is 13.1 Å². The van der Waals surface area contributed by atoms with Crippen molar-refractivity contribution in [2.24, 2.45) is 11.8 Å². The summed E-state index contributed by atoms with van der Waals surface area (Å²) in [7, 11) is 0. The van der Waals surface area contributed by atoms with E-state index in [4.69, 9.17) is 4.52 Å². The maximum Gasteiger partial charge on any atom is 0.273 e. The van der Waals surface area contributed by atoms with Gasteiger partial charge in [-0.05, 0) is 48.9 Å². The highest BCUT2D eigenvalue weighted by atomic mass is 19.1. The first-order valence-electron chi connectivity index (χ1n) is 9.21. The van der Waals surface area contributed by atoms with E-state index in [1.165, 1.54) is 24.3 Å². The Morgan fingerprint density at radius 3 is 2.63 bits per heavy atom. The van der Waals surface area contributed by atoms with Crippen LogP contribution in [0.1, 0.15) is 53.3 Å². The summed E-state index contributed by atoms with van der Waals surface area (Å²) in [6, 6.07) is 7.01. The minimum atomic E-state index is -0.390. The fraction of sp³-hybridized carbons (Fsp3) is 0.450. The molecule has 144 valence electrons. The third-order valence-electron chi connectivity index (χ3n) is 4.35. The molecule has 1 heterocycles. The van der Waals surface area contributed by atoms with E-state index in [1.807, 2.05) is 13.8 Å². The molecular formula is C20H24FN3O3. The average molecular weight is 373 g/mol. The van der Waals surface area contributed by atoms with Crippen LogP contribution in [0.15, 0.2) is 34.9 Å². The Morgan fingerprint density at radius 1 is 1.30 bits per heavy atom. The summed E-state index contributed by atoms with van der Waals surface area (Å²) in [5.41, 5.74) is 0.614. The minimum Gasteiger partial charge on any atom is -0.359 e. The van der Waals surface area contributed by atoms with Crippen molar-refractivity contribution in [3.8, 4) is 0 Å². The van der Waals surface area contributed by atoms with Crippen LogP contribution in [0.4, 0.5) is 4.39 Å². The molecule has 1 N–H and O–H groups in total. The fourth-order valence-electron chi connectivity index (χ4n) is 2.77. The lowest BCUT2D eigenvalue weighted by Crippen LogP contribution is -2.33. The third-order valence-corrected chi connectivity index (χ3v) is 4.35. The van der Waals surface area contributed by atoms with Gasteiger partial charge in [-0.1, -0.05) is 19.0 Å². The zero-order valence-corrected chi connectivity index (χ0v) is 15.6. The number of rotatable bonds is 8. The lowest BCUT2D eigenvalue weighted by Gasteiger charge is -2.23. The lowest BCUT2D eigenvalue weighted by atomic mass is 10.1. The first-order valence-corrected chi connectivity index (χ1v) is 9.21. The summed E-state index contributed by atoms with van der Waals surface area (Å²) in [6.07, 6.45) is 2.31. The maximum absolute atomic E-state index is 13.1. The Kier molecular flexibility index (Phi) is 5.88. The van der Waals surface area contributed by atoms with Gasteiger partial charge in [-0.2, -0.15) is 0 Å². The molecule has 1 saturated carbocycles. The van der Waals surface area contributed by atoms with E-state index in [9.17, 15) is 14.0 Å². The maximum atomic E-state index is 13.1. The topological polar surface area (TPSA) is 75.4 Å². The molecule has 0 aliphatic heterocycles. The molecule has 0 unspecified atom stereocenters. The van der Waals surface area contributed by atoms with Crippen LogP contribution < -0.4 is 5.32 Å². The second-order valence-electron chi connectivity index (χ2n) is 7.42. The van der Waals surface area contributed by atoms with Gasteiger partial charge in [-0.25, -0.2) is 4.39 Å². The molecule has 2 amide bonds. The van der Waals surface area contributed by atoms with Crippen LogP contribution >= 0.6 is 0 Å². The molecule has 1 aliphatic rings. The number of carbonyl (C=O) groups is 2. The molecule has 1 aliphatic carbocycles. The normalized spacial score (nSPS) is 13.6. The van der Waals surface area contributed by atoms with E-state index >= 15 is 0 Å². The molecule has 0 atom stereocenters. The summed E-state index contributed by atoms with van der Waals surface area (Å²) in [6.45, 7) is 5.35. The summed E-state index contributed by atoms with van der Waals surface area (Å²) in [5.74, 6) is 0.368. The predicted molar refractivity (Wildman–Crippen MR) is 97.5 cm³/mol. The molecule has 1 fully saturated rings. The number of hydrogen-bond donors (Lipinski definition) is 1. The molecule has 3 rings (SSSR count). The second-order valence-corrected chi connectivity index (χ2v) is 7.42. The van der Waals surface area contributed by atoms with Crippen LogP contribution in [-0.2, 0) is 6.54 Å². The third kappa shape index (κ3) is 5.39. The molecule has 0 saturated heterocycles. The fourth-order valence-corrected chi connectivity index (χ4v) is 2.77. The van der Waals surface area contributed by atoms with Crippen molar-refractivity contribution in [2.45, 2.75) is 33.2 Å². The van der Waals surface area contributed by atoms with Crippen LogP contribution in [0.25, 0.3) is 0 Å². The number of amides is 2. The van der Waals surface area contributed by atoms with Gasteiger partial charge in [0.15, 0.2) is 11.5 Å². The van der Waals surface area contributed by atoms with Gasteiger partial charge in [0.25, 0.3) is 11.8 Å². The van der Waals surface area contributed by atoms with E-state index in [1.54, 1.807) is 11.0 Å². The summed E-state index contributed by atoms with van der Waals surface area (Å²) in [5, 5.41) is 6.65. The first kappa shape index (κ1) is 19.1. The number of nitrogens with one attached hydrogen (secondary N) is 1. The largest absolute Gasteiger partial charge is 0.359 e. The van der Waals surface area contributed by atoms with Gasteiger partial charge >= 0.3 is 0 Å². The molecule has 1 aromatic carbocycles. The van der Waals surface area contributed by atoms with Gasteiger partial charge < -0.3 is 14.7 Å². The van der Waals surface area contributed by atoms with Gasteiger partial charge in [0.2, 0.25) is 0 Å².